The molecule has 1 heterocycles. The molecule has 0 spiro atoms. The number of anilines is 1. The fraction of sp³-hybridized carbons (Fsp3) is 0.0769. The van der Waals surface area contributed by atoms with Crippen LogP contribution in [0.15, 0.2) is 24.3 Å². The maximum absolute atomic E-state index is 13.6. The van der Waals surface area contributed by atoms with Crippen LogP contribution < -0.4 is 5.32 Å². The largest absolute Gasteiger partial charge is 0.326 e. The second kappa shape index (κ2) is 5.28. The molecule has 20 heavy (non-hydrogen) atoms. The summed E-state index contributed by atoms with van der Waals surface area (Å²) < 4.78 is 53.3. The summed E-state index contributed by atoms with van der Waals surface area (Å²) >= 11 is 0. The molecule has 1 aromatic carbocycles. The number of rotatable bonds is 2. The van der Waals surface area contributed by atoms with Gasteiger partial charge in [-0.05, 0) is 17.7 Å². The van der Waals surface area contributed by atoms with E-state index < -0.39 is 35.0 Å². The third-order valence-electron chi connectivity index (χ3n) is 2.47. The van der Waals surface area contributed by atoms with Crippen molar-refractivity contribution in [3.05, 3.63) is 47.8 Å². The van der Waals surface area contributed by atoms with Gasteiger partial charge >= 0.3 is 0 Å². The van der Waals surface area contributed by atoms with Crippen molar-refractivity contribution in [2.24, 2.45) is 0 Å². The molecule has 0 aliphatic heterocycles. The van der Waals surface area contributed by atoms with Crippen LogP contribution in [0.2, 0.25) is 0 Å². The average Bonchev–Trinajstić information content (AvgIpc) is 2.36. The minimum atomic E-state index is -1.73. The SMILES string of the molecule is CC(=O)Nc1cccc(-c2c(F)c(F)nc(F)c2F)c1. The normalized spacial score (nSPS) is 10.4. The Morgan fingerprint density at radius 3 is 2.25 bits per heavy atom. The number of carbonyl (C=O) groups excluding carboxylic acids is 1. The van der Waals surface area contributed by atoms with Crippen LogP contribution in [-0.4, -0.2) is 10.9 Å². The van der Waals surface area contributed by atoms with Gasteiger partial charge in [0.1, 0.15) is 0 Å². The van der Waals surface area contributed by atoms with Crippen LogP contribution in [-0.2, 0) is 4.79 Å². The first-order valence-corrected chi connectivity index (χ1v) is 5.48. The van der Waals surface area contributed by atoms with E-state index in [1.807, 2.05) is 0 Å². The van der Waals surface area contributed by atoms with Crippen LogP contribution in [0.4, 0.5) is 23.2 Å². The highest BCUT2D eigenvalue weighted by Gasteiger charge is 2.22. The highest BCUT2D eigenvalue weighted by Crippen LogP contribution is 2.29. The van der Waals surface area contributed by atoms with Crippen molar-refractivity contribution in [2.45, 2.75) is 6.92 Å². The van der Waals surface area contributed by atoms with E-state index in [1.165, 1.54) is 31.2 Å². The van der Waals surface area contributed by atoms with E-state index in [-0.39, 0.29) is 11.3 Å². The molecule has 0 saturated carbocycles. The highest BCUT2D eigenvalue weighted by atomic mass is 19.2. The molecule has 0 saturated heterocycles. The molecule has 0 atom stereocenters. The third-order valence-corrected chi connectivity index (χ3v) is 2.47. The van der Waals surface area contributed by atoms with Gasteiger partial charge in [-0.2, -0.15) is 13.8 Å². The van der Waals surface area contributed by atoms with Crippen molar-refractivity contribution in [3.63, 3.8) is 0 Å². The topological polar surface area (TPSA) is 42.0 Å². The van der Waals surface area contributed by atoms with Crippen LogP contribution in [0, 0.1) is 23.5 Å². The molecule has 0 fully saturated rings. The molecule has 1 amide bonds. The molecule has 0 aliphatic carbocycles. The van der Waals surface area contributed by atoms with Crippen LogP contribution >= 0.6 is 0 Å². The van der Waals surface area contributed by atoms with Gasteiger partial charge < -0.3 is 5.32 Å². The summed E-state index contributed by atoms with van der Waals surface area (Å²) in [5.74, 6) is -7.05. The maximum atomic E-state index is 13.6. The lowest BCUT2D eigenvalue weighted by atomic mass is 10.1. The van der Waals surface area contributed by atoms with Crippen LogP contribution in [0.1, 0.15) is 6.92 Å². The molecular weight excluding hydrogens is 276 g/mol. The monoisotopic (exact) mass is 284 g/mol. The average molecular weight is 284 g/mol. The maximum Gasteiger partial charge on any atom is 0.252 e. The van der Waals surface area contributed by atoms with Gasteiger partial charge in [-0.3, -0.25) is 4.79 Å². The predicted molar refractivity (Wildman–Crippen MR) is 63.8 cm³/mol. The number of aromatic nitrogens is 1. The molecule has 2 aromatic rings. The summed E-state index contributed by atoms with van der Waals surface area (Å²) in [7, 11) is 0. The molecule has 3 nitrogen and oxygen atoms in total. The first kappa shape index (κ1) is 14.0. The number of amides is 1. The number of hydrogen-bond donors (Lipinski definition) is 1. The number of nitrogens with one attached hydrogen (secondary N) is 1. The first-order valence-electron chi connectivity index (χ1n) is 5.48. The minimum Gasteiger partial charge on any atom is -0.326 e. The Morgan fingerprint density at radius 2 is 1.70 bits per heavy atom. The molecule has 2 rings (SSSR count). The Bertz CT molecular complexity index is 662. The molecule has 1 aromatic heterocycles. The van der Waals surface area contributed by atoms with Crippen molar-refractivity contribution < 1.29 is 22.4 Å². The summed E-state index contributed by atoms with van der Waals surface area (Å²) in [5, 5.41) is 2.40. The Morgan fingerprint density at radius 1 is 1.10 bits per heavy atom. The molecule has 7 heteroatoms. The number of hydrogen-bond acceptors (Lipinski definition) is 2. The summed E-state index contributed by atoms with van der Waals surface area (Å²) in [6.07, 6.45) is 0. The van der Waals surface area contributed by atoms with Gasteiger partial charge in [-0.1, -0.05) is 12.1 Å². The van der Waals surface area contributed by atoms with Gasteiger partial charge in [-0.25, -0.2) is 8.78 Å². The zero-order chi connectivity index (χ0) is 14.9. The number of pyridine rings is 1. The summed E-state index contributed by atoms with van der Waals surface area (Å²) in [5.41, 5.74) is -0.750. The summed E-state index contributed by atoms with van der Waals surface area (Å²) in [6.45, 7) is 1.25. The van der Waals surface area contributed by atoms with Gasteiger partial charge in [0.25, 0.3) is 11.9 Å². The number of nitrogens with zero attached hydrogens (tertiary/aromatic N) is 1. The van der Waals surface area contributed by atoms with Crippen molar-refractivity contribution in [1.29, 1.82) is 0 Å². The summed E-state index contributed by atoms with van der Waals surface area (Å²) in [6, 6.07) is 5.30. The highest BCUT2D eigenvalue weighted by molar-refractivity contribution is 5.89. The van der Waals surface area contributed by atoms with Gasteiger partial charge in [-0.15, -0.1) is 0 Å². The minimum absolute atomic E-state index is 0.119. The van der Waals surface area contributed by atoms with Crippen molar-refractivity contribution >= 4 is 11.6 Å². The van der Waals surface area contributed by atoms with E-state index in [1.54, 1.807) is 0 Å². The molecule has 0 bridgehead atoms. The fourth-order valence-corrected chi connectivity index (χ4v) is 1.70. The lowest BCUT2D eigenvalue weighted by Gasteiger charge is -2.08. The lowest BCUT2D eigenvalue weighted by Crippen LogP contribution is -2.06. The Kier molecular flexibility index (Phi) is 3.69. The van der Waals surface area contributed by atoms with Crippen LogP contribution in [0.25, 0.3) is 11.1 Å². The standard InChI is InChI=1S/C13H8F4N2O/c1-6(20)18-8-4-2-3-7(5-8)9-10(14)12(16)19-13(17)11(9)15/h2-5H,1H3,(H,18,20). The van der Waals surface area contributed by atoms with Gasteiger partial charge in [0.2, 0.25) is 5.91 Å². The number of carbonyl (C=O) groups is 1. The molecule has 104 valence electrons. The van der Waals surface area contributed by atoms with E-state index >= 15 is 0 Å². The second-order valence-electron chi connectivity index (χ2n) is 3.96. The molecule has 0 radical (unpaired) electrons. The number of halogens is 4. The Hall–Kier alpha value is -2.44. The van der Waals surface area contributed by atoms with E-state index in [0.29, 0.717) is 0 Å². The van der Waals surface area contributed by atoms with E-state index in [2.05, 4.69) is 10.3 Å². The predicted octanol–water partition coefficient (Wildman–Crippen LogP) is 3.26. The molecule has 0 unspecified atom stereocenters. The van der Waals surface area contributed by atoms with Crippen LogP contribution in [0.3, 0.4) is 0 Å². The zero-order valence-electron chi connectivity index (χ0n) is 10.2. The molecular formula is C13H8F4N2O. The third kappa shape index (κ3) is 2.61. The number of benzene rings is 1. The quantitative estimate of drug-likeness (QED) is 0.679. The van der Waals surface area contributed by atoms with Gasteiger partial charge in [0.15, 0.2) is 11.6 Å². The van der Waals surface area contributed by atoms with E-state index in [9.17, 15) is 22.4 Å². The van der Waals surface area contributed by atoms with Gasteiger partial charge in [0.05, 0.1) is 5.56 Å². The smallest absolute Gasteiger partial charge is 0.252 e. The zero-order valence-corrected chi connectivity index (χ0v) is 10.2. The van der Waals surface area contributed by atoms with E-state index in [0.717, 1.165) is 0 Å². The first-order chi connectivity index (χ1) is 9.40. The molecule has 0 aliphatic rings. The van der Waals surface area contributed by atoms with Crippen molar-refractivity contribution in [3.8, 4) is 11.1 Å². The van der Waals surface area contributed by atoms with Crippen LogP contribution in [0.5, 0.6) is 0 Å². The van der Waals surface area contributed by atoms with Crippen molar-refractivity contribution in [2.75, 3.05) is 5.32 Å². The lowest BCUT2D eigenvalue weighted by molar-refractivity contribution is -0.114. The molecule has 1 N–H and O–H groups in total. The van der Waals surface area contributed by atoms with Gasteiger partial charge in [0, 0.05) is 12.6 Å². The van der Waals surface area contributed by atoms with E-state index in [4.69, 9.17) is 0 Å². The fourth-order valence-electron chi connectivity index (χ4n) is 1.70. The second-order valence-corrected chi connectivity index (χ2v) is 3.96. The Balaban J connectivity index is 2.60. The van der Waals surface area contributed by atoms with Crippen molar-refractivity contribution in [1.82, 2.24) is 4.98 Å². The Labute approximate surface area is 111 Å². The summed E-state index contributed by atoms with van der Waals surface area (Å²) in [4.78, 5) is 13.4.